The van der Waals surface area contributed by atoms with Gasteiger partial charge in [-0.25, -0.2) is 9.78 Å². The maximum absolute atomic E-state index is 12.1. The van der Waals surface area contributed by atoms with Gasteiger partial charge in [0.25, 0.3) is 0 Å². The van der Waals surface area contributed by atoms with Gasteiger partial charge in [0.15, 0.2) is 0 Å². The molecule has 2 rings (SSSR count). The summed E-state index contributed by atoms with van der Waals surface area (Å²) in [5.41, 5.74) is 0.612. The number of hydrogen-bond acceptors (Lipinski definition) is 4. The Kier molecular flexibility index (Phi) is 5.39. The van der Waals surface area contributed by atoms with Gasteiger partial charge in [-0.05, 0) is 32.9 Å². The van der Waals surface area contributed by atoms with Crippen LogP contribution >= 0.6 is 0 Å². The van der Waals surface area contributed by atoms with Crippen molar-refractivity contribution >= 4 is 6.03 Å². The third-order valence-electron chi connectivity index (χ3n) is 3.24. The van der Waals surface area contributed by atoms with Crippen LogP contribution in [-0.4, -0.2) is 39.7 Å². The number of aromatic nitrogens is 1. The van der Waals surface area contributed by atoms with E-state index in [4.69, 9.17) is 4.42 Å². The number of nitrogens with zero attached hydrogens (tertiary/aromatic N) is 2. The molecule has 2 amide bonds. The zero-order chi connectivity index (χ0) is 16.9. The van der Waals surface area contributed by atoms with E-state index < -0.39 is 5.60 Å². The molecule has 1 aromatic heterocycles. The lowest BCUT2D eigenvalue weighted by atomic mass is 10.1. The topological polar surface area (TPSA) is 78.6 Å². The molecule has 0 bridgehead atoms. The smallest absolute Gasteiger partial charge is 0.317 e. The molecule has 0 aliphatic heterocycles. The van der Waals surface area contributed by atoms with Gasteiger partial charge in [-0.2, -0.15) is 0 Å². The van der Waals surface area contributed by atoms with E-state index in [1.807, 2.05) is 37.3 Å². The summed E-state index contributed by atoms with van der Waals surface area (Å²) in [5.74, 6) is 0.527. The Morgan fingerprint density at radius 1 is 1.35 bits per heavy atom. The Bertz CT molecular complexity index is 632. The monoisotopic (exact) mass is 317 g/mol. The van der Waals surface area contributed by atoms with Crippen LogP contribution < -0.4 is 5.32 Å². The van der Waals surface area contributed by atoms with Gasteiger partial charge in [0.2, 0.25) is 5.89 Å². The molecule has 0 saturated heterocycles. The van der Waals surface area contributed by atoms with Gasteiger partial charge in [-0.3, -0.25) is 0 Å². The highest BCUT2D eigenvalue weighted by Crippen LogP contribution is 2.17. The van der Waals surface area contributed by atoms with Gasteiger partial charge >= 0.3 is 6.03 Å². The molecule has 6 nitrogen and oxygen atoms in total. The normalized spacial score (nSPS) is 11.3. The summed E-state index contributed by atoms with van der Waals surface area (Å²) in [5, 5.41) is 12.6. The van der Waals surface area contributed by atoms with Crippen LogP contribution in [0.1, 0.15) is 26.5 Å². The molecule has 0 radical (unpaired) electrons. The second-order valence-corrected chi connectivity index (χ2v) is 6.00. The molecule has 124 valence electrons. The van der Waals surface area contributed by atoms with Crippen LogP contribution in [-0.2, 0) is 6.54 Å². The molecule has 0 aliphatic rings. The minimum Gasteiger partial charge on any atom is -0.444 e. The maximum Gasteiger partial charge on any atom is 0.317 e. The van der Waals surface area contributed by atoms with Crippen LogP contribution in [0.4, 0.5) is 4.79 Å². The lowest BCUT2D eigenvalue weighted by molar-refractivity contribution is 0.0479. The summed E-state index contributed by atoms with van der Waals surface area (Å²) in [4.78, 5) is 18.1. The number of carbonyl (C=O) groups excluding carboxylic acids is 1. The summed E-state index contributed by atoms with van der Waals surface area (Å²) >= 11 is 0. The van der Waals surface area contributed by atoms with Crippen molar-refractivity contribution in [3.8, 4) is 11.5 Å². The highest BCUT2D eigenvalue weighted by molar-refractivity contribution is 5.74. The summed E-state index contributed by atoms with van der Waals surface area (Å²) in [6.07, 6.45) is 1.54. The van der Waals surface area contributed by atoms with E-state index in [9.17, 15) is 9.90 Å². The molecule has 0 unspecified atom stereocenters. The fourth-order valence-corrected chi connectivity index (χ4v) is 2.17. The van der Waals surface area contributed by atoms with Crippen molar-refractivity contribution in [3.05, 3.63) is 42.3 Å². The van der Waals surface area contributed by atoms with E-state index in [1.54, 1.807) is 18.7 Å². The number of nitrogens with one attached hydrogen (secondary N) is 1. The van der Waals surface area contributed by atoms with E-state index in [2.05, 4.69) is 10.3 Å². The number of amides is 2. The third-order valence-corrected chi connectivity index (χ3v) is 3.24. The van der Waals surface area contributed by atoms with E-state index in [-0.39, 0.29) is 19.1 Å². The van der Waals surface area contributed by atoms with Crippen molar-refractivity contribution in [2.75, 3.05) is 13.1 Å². The molecule has 6 heteroatoms. The van der Waals surface area contributed by atoms with Gasteiger partial charge in [0.05, 0.1) is 24.4 Å². The highest BCUT2D eigenvalue weighted by Gasteiger charge is 2.21. The number of oxazole rings is 1. The van der Waals surface area contributed by atoms with Crippen LogP contribution in [0.2, 0.25) is 0 Å². The average molecular weight is 317 g/mol. The van der Waals surface area contributed by atoms with Crippen molar-refractivity contribution in [1.82, 2.24) is 15.2 Å². The lowest BCUT2D eigenvalue weighted by Crippen LogP contribution is -2.46. The fourth-order valence-electron chi connectivity index (χ4n) is 2.17. The summed E-state index contributed by atoms with van der Waals surface area (Å²) in [6, 6.07) is 9.34. The molecule has 0 fully saturated rings. The second-order valence-electron chi connectivity index (χ2n) is 6.00. The van der Waals surface area contributed by atoms with Crippen molar-refractivity contribution in [1.29, 1.82) is 0 Å². The Hall–Kier alpha value is -2.34. The van der Waals surface area contributed by atoms with Crippen molar-refractivity contribution in [2.24, 2.45) is 0 Å². The first-order valence-corrected chi connectivity index (χ1v) is 7.64. The average Bonchev–Trinajstić information content (AvgIpc) is 2.99. The van der Waals surface area contributed by atoms with E-state index in [1.165, 1.54) is 6.26 Å². The first-order chi connectivity index (χ1) is 10.9. The second kappa shape index (κ2) is 7.28. The zero-order valence-corrected chi connectivity index (χ0v) is 13.7. The molecule has 0 spiro atoms. The Morgan fingerprint density at radius 2 is 2.04 bits per heavy atom. The van der Waals surface area contributed by atoms with Crippen molar-refractivity contribution in [3.63, 3.8) is 0 Å². The van der Waals surface area contributed by atoms with E-state index in [0.29, 0.717) is 18.1 Å². The Balaban J connectivity index is 1.93. The first-order valence-electron chi connectivity index (χ1n) is 7.64. The number of hydrogen-bond donors (Lipinski definition) is 2. The van der Waals surface area contributed by atoms with Crippen molar-refractivity contribution in [2.45, 2.75) is 32.9 Å². The summed E-state index contributed by atoms with van der Waals surface area (Å²) in [6.45, 7) is 6.28. The van der Waals surface area contributed by atoms with Gasteiger partial charge in [-0.1, -0.05) is 18.2 Å². The number of urea groups is 1. The van der Waals surface area contributed by atoms with Crippen LogP contribution in [0.25, 0.3) is 11.5 Å². The zero-order valence-electron chi connectivity index (χ0n) is 13.7. The number of aliphatic hydroxyl groups is 1. The van der Waals surface area contributed by atoms with Gasteiger partial charge in [0.1, 0.15) is 6.26 Å². The Labute approximate surface area is 136 Å². The molecule has 0 saturated carbocycles. The molecular weight excluding hydrogens is 294 g/mol. The minimum atomic E-state index is -0.929. The largest absolute Gasteiger partial charge is 0.444 e. The van der Waals surface area contributed by atoms with Crippen LogP contribution in [0.5, 0.6) is 0 Å². The number of likely N-dealkylation sites (N-methyl/N-ethyl adjacent to an activating group) is 1. The predicted molar refractivity (Wildman–Crippen MR) is 87.7 cm³/mol. The fraction of sp³-hybridized carbons (Fsp3) is 0.412. The molecule has 1 aromatic carbocycles. The summed E-state index contributed by atoms with van der Waals surface area (Å²) in [7, 11) is 0. The lowest BCUT2D eigenvalue weighted by Gasteiger charge is -2.28. The highest BCUT2D eigenvalue weighted by atomic mass is 16.3. The van der Waals surface area contributed by atoms with E-state index >= 15 is 0 Å². The molecule has 0 aliphatic carbocycles. The van der Waals surface area contributed by atoms with E-state index in [0.717, 1.165) is 5.56 Å². The first kappa shape index (κ1) is 17.0. The van der Waals surface area contributed by atoms with Gasteiger partial charge in [0, 0.05) is 12.1 Å². The van der Waals surface area contributed by atoms with Crippen LogP contribution in [0.3, 0.4) is 0 Å². The molecule has 23 heavy (non-hydrogen) atoms. The summed E-state index contributed by atoms with van der Waals surface area (Å²) < 4.78 is 5.43. The SMILES string of the molecule is CCN(CC(C)(C)O)C(=O)NCc1coc(-c2ccccc2)n1. The molecule has 1 heterocycles. The number of rotatable bonds is 6. The van der Waals surface area contributed by atoms with Crippen LogP contribution in [0.15, 0.2) is 41.0 Å². The standard InChI is InChI=1S/C17H23N3O3/c1-4-20(12-17(2,3)22)16(21)18-10-14-11-23-15(19-14)13-8-6-5-7-9-13/h5-9,11,22H,4,10,12H2,1-3H3,(H,18,21). The maximum atomic E-state index is 12.1. The quantitative estimate of drug-likeness (QED) is 0.858. The van der Waals surface area contributed by atoms with Crippen molar-refractivity contribution < 1.29 is 14.3 Å². The predicted octanol–water partition coefficient (Wildman–Crippen LogP) is 2.64. The molecular formula is C17H23N3O3. The minimum absolute atomic E-state index is 0.237. The Morgan fingerprint density at radius 3 is 2.65 bits per heavy atom. The molecule has 2 aromatic rings. The molecule has 0 atom stereocenters. The number of carbonyl (C=O) groups is 1. The van der Waals surface area contributed by atoms with Gasteiger partial charge in [-0.15, -0.1) is 0 Å². The van der Waals surface area contributed by atoms with Crippen LogP contribution in [0, 0.1) is 0 Å². The van der Waals surface area contributed by atoms with Gasteiger partial charge < -0.3 is 19.7 Å². The third kappa shape index (κ3) is 5.10. The number of benzene rings is 1. The molecule has 2 N–H and O–H groups in total.